The van der Waals surface area contributed by atoms with Gasteiger partial charge in [-0.15, -0.1) is 0 Å². The Morgan fingerprint density at radius 3 is 0.968 bits per heavy atom. The molecule has 11 rings (SSSR count). The van der Waals surface area contributed by atoms with E-state index in [2.05, 4.69) is 213 Å². The molecule has 2 heterocycles. The summed E-state index contributed by atoms with van der Waals surface area (Å²) >= 11 is 0. The molecule has 0 N–H and O–H groups in total. The molecular weight excluding hydrogens is 761 g/mol. The molecular formula is C56H42N4O2. The highest BCUT2D eigenvalue weighted by Gasteiger charge is 2.21. The first-order valence-corrected chi connectivity index (χ1v) is 20.8. The lowest BCUT2D eigenvalue weighted by Gasteiger charge is -2.28. The number of hydrogen-bond donors (Lipinski definition) is 0. The molecule has 11 aromatic rings. The molecule has 0 aliphatic rings. The number of methoxy groups -OCH3 is 2. The van der Waals surface area contributed by atoms with Crippen molar-refractivity contribution in [2.45, 2.75) is 0 Å². The number of ether oxygens (including phenoxy) is 2. The fraction of sp³-hybridized carbons (Fsp3) is 0.0357. The average molecular weight is 803 g/mol. The quantitative estimate of drug-likeness (QED) is 0.138. The first kappa shape index (κ1) is 36.8. The molecule has 0 radical (unpaired) electrons. The minimum Gasteiger partial charge on any atom is -0.497 e. The van der Waals surface area contributed by atoms with Crippen LogP contribution in [0.3, 0.4) is 0 Å². The standard InChI is InChI=1S/C56H42N4O2/c1-61-47-31-25-43(26-32-47)57(45-29-35-55-51(37-45)49-17-9-11-19-53(49)59(55)39-13-5-3-6-14-39)41-21-23-42(24-22-41)58(44-27-33-48(62-2)34-28-44)46-30-36-56-52(38-46)50-18-10-12-20-54(50)60(56)40-15-7-4-8-16-40/h3-38H,1-2H3. The van der Waals surface area contributed by atoms with Gasteiger partial charge in [0.2, 0.25) is 0 Å². The molecule has 0 spiro atoms. The Morgan fingerprint density at radius 1 is 0.290 bits per heavy atom. The van der Waals surface area contributed by atoms with Crippen molar-refractivity contribution in [2.75, 3.05) is 24.0 Å². The van der Waals surface area contributed by atoms with Gasteiger partial charge in [-0.1, -0.05) is 72.8 Å². The summed E-state index contributed by atoms with van der Waals surface area (Å²) in [5.41, 5.74) is 13.2. The van der Waals surface area contributed by atoms with Crippen molar-refractivity contribution in [1.29, 1.82) is 0 Å². The maximum absolute atomic E-state index is 5.59. The topological polar surface area (TPSA) is 34.8 Å². The van der Waals surface area contributed by atoms with Gasteiger partial charge >= 0.3 is 0 Å². The summed E-state index contributed by atoms with van der Waals surface area (Å²) in [6.07, 6.45) is 0. The molecule has 0 saturated carbocycles. The zero-order chi connectivity index (χ0) is 41.6. The van der Waals surface area contributed by atoms with Crippen LogP contribution in [0.25, 0.3) is 55.0 Å². The molecule has 9 aromatic carbocycles. The van der Waals surface area contributed by atoms with Crippen molar-refractivity contribution in [3.8, 4) is 22.9 Å². The molecule has 0 aliphatic heterocycles. The second kappa shape index (κ2) is 15.4. The Kier molecular flexibility index (Phi) is 9.16. The van der Waals surface area contributed by atoms with Crippen LogP contribution in [0.1, 0.15) is 0 Å². The van der Waals surface area contributed by atoms with Crippen molar-refractivity contribution >= 4 is 77.7 Å². The third-order valence-corrected chi connectivity index (χ3v) is 11.9. The first-order valence-electron chi connectivity index (χ1n) is 20.8. The number of para-hydroxylation sites is 4. The van der Waals surface area contributed by atoms with E-state index in [1.54, 1.807) is 14.2 Å². The van der Waals surface area contributed by atoms with Crippen molar-refractivity contribution in [3.63, 3.8) is 0 Å². The average Bonchev–Trinajstić information content (AvgIpc) is 3.85. The molecule has 0 aliphatic carbocycles. The van der Waals surface area contributed by atoms with Crippen molar-refractivity contribution < 1.29 is 9.47 Å². The van der Waals surface area contributed by atoms with Crippen LogP contribution >= 0.6 is 0 Å². The lowest BCUT2D eigenvalue weighted by Crippen LogP contribution is -2.12. The SMILES string of the molecule is COc1ccc(N(c2ccc(N(c3ccc(OC)cc3)c3ccc4c(c3)c3ccccc3n4-c3ccccc3)cc2)c2ccc3c(c2)c2ccccc2n3-c2ccccc2)cc1. The maximum Gasteiger partial charge on any atom is 0.119 e. The number of hydrogen-bond acceptors (Lipinski definition) is 4. The van der Waals surface area contributed by atoms with Gasteiger partial charge in [-0.05, 0) is 146 Å². The zero-order valence-electron chi connectivity index (χ0n) is 34.4. The highest BCUT2D eigenvalue weighted by Crippen LogP contribution is 2.44. The number of anilines is 6. The fourth-order valence-electron chi connectivity index (χ4n) is 9.02. The predicted octanol–water partition coefficient (Wildman–Crippen LogP) is 14.8. The highest BCUT2D eigenvalue weighted by atomic mass is 16.5. The normalized spacial score (nSPS) is 11.4. The molecule has 0 unspecified atom stereocenters. The summed E-state index contributed by atoms with van der Waals surface area (Å²) in [7, 11) is 3.41. The second-order valence-electron chi connectivity index (χ2n) is 15.4. The minimum atomic E-state index is 0.810. The van der Waals surface area contributed by atoms with Crippen molar-refractivity contribution in [2.24, 2.45) is 0 Å². The summed E-state index contributed by atoms with van der Waals surface area (Å²) < 4.78 is 15.9. The lowest BCUT2D eigenvalue weighted by molar-refractivity contribution is 0.414. The van der Waals surface area contributed by atoms with E-state index in [4.69, 9.17) is 9.47 Å². The lowest BCUT2D eigenvalue weighted by atomic mass is 10.1. The van der Waals surface area contributed by atoms with Crippen LogP contribution in [0.4, 0.5) is 34.1 Å². The second-order valence-corrected chi connectivity index (χ2v) is 15.4. The predicted molar refractivity (Wildman–Crippen MR) is 258 cm³/mol. The van der Waals surface area contributed by atoms with Gasteiger partial charge in [0, 0.05) is 67.0 Å². The zero-order valence-corrected chi connectivity index (χ0v) is 34.4. The van der Waals surface area contributed by atoms with Crippen LogP contribution in [-0.2, 0) is 0 Å². The Balaban J connectivity index is 1.05. The van der Waals surface area contributed by atoms with E-state index < -0.39 is 0 Å². The van der Waals surface area contributed by atoms with Crippen LogP contribution in [0, 0.1) is 0 Å². The number of aromatic nitrogens is 2. The van der Waals surface area contributed by atoms with E-state index in [0.29, 0.717) is 0 Å². The van der Waals surface area contributed by atoms with Crippen molar-refractivity contribution in [1.82, 2.24) is 9.13 Å². The highest BCUT2D eigenvalue weighted by molar-refractivity contribution is 6.12. The van der Waals surface area contributed by atoms with Gasteiger partial charge in [-0.3, -0.25) is 0 Å². The third-order valence-electron chi connectivity index (χ3n) is 11.9. The van der Waals surface area contributed by atoms with Gasteiger partial charge in [0.1, 0.15) is 11.5 Å². The number of benzene rings is 9. The van der Waals surface area contributed by atoms with Gasteiger partial charge in [-0.25, -0.2) is 0 Å². The van der Waals surface area contributed by atoms with Crippen LogP contribution in [0.5, 0.6) is 11.5 Å². The molecule has 298 valence electrons. The number of nitrogens with zero attached hydrogens (tertiary/aromatic N) is 4. The smallest absolute Gasteiger partial charge is 0.119 e. The fourth-order valence-corrected chi connectivity index (χ4v) is 9.02. The van der Waals surface area contributed by atoms with E-state index in [1.165, 1.54) is 32.6 Å². The van der Waals surface area contributed by atoms with Gasteiger partial charge in [0.25, 0.3) is 0 Å². The van der Waals surface area contributed by atoms with E-state index >= 15 is 0 Å². The van der Waals surface area contributed by atoms with Crippen LogP contribution in [0.2, 0.25) is 0 Å². The molecule has 0 fully saturated rings. The molecule has 2 aromatic heterocycles. The van der Waals surface area contributed by atoms with Gasteiger partial charge < -0.3 is 28.4 Å². The molecule has 0 bridgehead atoms. The van der Waals surface area contributed by atoms with E-state index in [0.717, 1.165) is 68.0 Å². The Bertz CT molecular complexity index is 3130. The summed E-state index contributed by atoms with van der Waals surface area (Å²) in [6.45, 7) is 0. The molecule has 0 amide bonds. The Morgan fingerprint density at radius 2 is 0.597 bits per heavy atom. The third kappa shape index (κ3) is 6.28. The molecule has 0 atom stereocenters. The minimum absolute atomic E-state index is 0.810. The monoisotopic (exact) mass is 802 g/mol. The van der Waals surface area contributed by atoms with E-state index in [-0.39, 0.29) is 0 Å². The summed E-state index contributed by atoms with van der Waals surface area (Å²) in [5, 5.41) is 4.79. The number of rotatable bonds is 10. The largest absolute Gasteiger partial charge is 0.497 e. The molecule has 0 saturated heterocycles. The van der Waals surface area contributed by atoms with Crippen LogP contribution in [0.15, 0.2) is 218 Å². The van der Waals surface area contributed by atoms with Crippen LogP contribution < -0.4 is 19.3 Å². The molecule has 6 nitrogen and oxygen atoms in total. The molecule has 6 heteroatoms. The molecule has 62 heavy (non-hydrogen) atoms. The van der Waals surface area contributed by atoms with Crippen molar-refractivity contribution in [3.05, 3.63) is 218 Å². The Labute approximate surface area is 360 Å². The van der Waals surface area contributed by atoms with E-state index in [1.807, 2.05) is 24.3 Å². The summed E-state index contributed by atoms with van der Waals surface area (Å²) in [4.78, 5) is 4.64. The maximum atomic E-state index is 5.59. The van der Waals surface area contributed by atoms with Gasteiger partial charge in [0.15, 0.2) is 0 Å². The van der Waals surface area contributed by atoms with Gasteiger partial charge in [0.05, 0.1) is 36.3 Å². The summed E-state index contributed by atoms with van der Waals surface area (Å²) in [5.74, 6) is 1.62. The Hall–Kier alpha value is -8.22. The summed E-state index contributed by atoms with van der Waals surface area (Å²) in [6, 6.07) is 77.5. The van der Waals surface area contributed by atoms with E-state index in [9.17, 15) is 0 Å². The van der Waals surface area contributed by atoms with Crippen LogP contribution in [-0.4, -0.2) is 23.4 Å². The van der Waals surface area contributed by atoms with Gasteiger partial charge in [-0.2, -0.15) is 0 Å². The first-order chi connectivity index (χ1) is 30.7. The number of fused-ring (bicyclic) bond motifs is 6.